The number of ether oxygens (including phenoxy) is 1. The molecule has 0 radical (unpaired) electrons. The second-order valence-corrected chi connectivity index (χ2v) is 6.64. The Labute approximate surface area is 149 Å². The van der Waals surface area contributed by atoms with Gasteiger partial charge in [0.1, 0.15) is 5.56 Å². The van der Waals surface area contributed by atoms with Gasteiger partial charge in [0, 0.05) is 30.6 Å². The number of carbonyl (C=O) groups excluding carboxylic acids is 1. The van der Waals surface area contributed by atoms with E-state index in [1.54, 1.807) is 23.5 Å². The molecule has 1 amide bonds. The van der Waals surface area contributed by atoms with E-state index in [-0.39, 0.29) is 17.3 Å². The highest BCUT2D eigenvalue weighted by Crippen LogP contribution is 2.26. The average molecular weight is 361 g/mol. The minimum absolute atomic E-state index is 0.0376. The molecule has 1 aromatic carbocycles. The molecular formula is C17H19N3O4S. The Morgan fingerprint density at radius 3 is 2.72 bits per heavy atom. The molecule has 25 heavy (non-hydrogen) atoms. The molecule has 1 fully saturated rings. The van der Waals surface area contributed by atoms with Crippen molar-refractivity contribution < 1.29 is 14.5 Å². The van der Waals surface area contributed by atoms with Crippen LogP contribution in [0.15, 0.2) is 41.8 Å². The molecule has 1 aliphatic rings. The van der Waals surface area contributed by atoms with Gasteiger partial charge in [-0.15, -0.1) is 11.3 Å². The van der Waals surface area contributed by atoms with Gasteiger partial charge < -0.3 is 10.1 Å². The van der Waals surface area contributed by atoms with Crippen LogP contribution in [-0.2, 0) is 4.74 Å². The normalized spacial score (nSPS) is 16.3. The van der Waals surface area contributed by atoms with E-state index in [0.717, 1.165) is 18.0 Å². The summed E-state index contributed by atoms with van der Waals surface area (Å²) >= 11 is 1.64. The van der Waals surface area contributed by atoms with E-state index in [1.807, 2.05) is 17.5 Å². The molecule has 1 atom stereocenters. The molecule has 1 saturated heterocycles. The average Bonchev–Trinajstić information content (AvgIpc) is 3.17. The number of benzene rings is 1. The standard InChI is InChI=1S/C17H19N3O4S/c21-17(13-4-1-2-5-14(13)20(22)23)18-12-15(16-6-3-11-25-16)19-7-9-24-10-8-19/h1-6,11,15H,7-10,12H2,(H,18,21)/t15-/m0/s1. The van der Waals surface area contributed by atoms with Crippen LogP contribution < -0.4 is 5.32 Å². The molecule has 7 nitrogen and oxygen atoms in total. The van der Waals surface area contributed by atoms with Gasteiger partial charge in [-0.05, 0) is 17.5 Å². The first-order valence-corrected chi connectivity index (χ1v) is 8.91. The molecule has 3 rings (SSSR count). The lowest BCUT2D eigenvalue weighted by Crippen LogP contribution is -2.43. The third kappa shape index (κ3) is 4.22. The molecule has 0 saturated carbocycles. The van der Waals surface area contributed by atoms with Crippen molar-refractivity contribution in [1.29, 1.82) is 0 Å². The van der Waals surface area contributed by atoms with Gasteiger partial charge in [-0.1, -0.05) is 18.2 Å². The van der Waals surface area contributed by atoms with Crippen LogP contribution >= 0.6 is 11.3 Å². The van der Waals surface area contributed by atoms with Crippen LogP contribution in [0.5, 0.6) is 0 Å². The third-order valence-corrected chi connectivity index (χ3v) is 5.13. The highest BCUT2D eigenvalue weighted by atomic mass is 32.1. The molecule has 0 unspecified atom stereocenters. The van der Waals surface area contributed by atoms with Gasteiger partial charge in [0.15, 0.2) is 0 Å². The van der Waals surface area contributed by atoms with Gasteiger partial charge >= 0.3 is 0 Å². The Morgan fingerprint density at radius 1 is 1.28 bits per heavy atom. The predicted octanol–water partition coefficient (Wildman–Crippen LogP) is 2.46. The molecule has 0 bridgehead atoms. The molecule has 2 aromatic rings. The van der Waals surface area contributed by atoms with E-state index < -0.39 is 10.8 Å². The fraction of sp³-hybridized carbons (Fsp3) is 0.353. The van der Waals surface area contributed by atoms with Crippen molar-refractivity contribution in [2.24, 2.45) is 0 Å². The second kappa shape index (κ2) is 8.19. The second-order valence-electron chi connectivity index (χ2n) is 5.66. The number of hydrogen-bond donors (Lipinski definition) is 1. The fourth-order valence-corrected chi connectivity index (χ4v) is 3.75. The van der Waals surface area contributed by atoms with Crippen LogP contribution in [0.3, 0.4) is 0 Å². The lowest BCUT2D eigenvalue weighted by atomic mass is 10.1. The minimum Gasteiger partial charge on any atom is -0.379 e. The van der Waals surface area contributed by atoms with E-state index in [9.17, 15) is 14.9 Å². The number of para-hydroxylation sites is 1. The number of amides is 1. The van der Waals surface area contributed by atoms with Crippen molar-refractivity contribution >= 4 is 22.9 Å². The Hall–Kier alpha value is -2.29. The van der Waals surface area contributed by atoms with E-state index in [0.29, 0.717) is 19.8 Å². The van der Waals surface area contributed by atoms with Crippen molar-refractivity contribution in [3.05, 3.63) is 62.3 Å². The maximum atomic E-state index is 12.5. The summed E-state index contributed by atoms with van der Waals surface area (Å²) in [5.74, 6) is -0.429. The van der Waals surface area contributed by atoms with Crippen molar-refractivity contribution in [3.8, 4) is 0 Å². The van der Waals surface area contributed by atoms with Gasteiger partial charge in [-0.2, -0.15) is 0 Å². The number of thiophene rings is 1. The summed E-state index contributed by atoms with van der Waals surface area (Å²) in [6.45, 7) is 3.32. The zero-order valence-electron chi connectivity index (χ0n) is 13.6. The van der Waals surface area contributed by atoms with Crippen LogP contribution in [-0.4, -0.2) is 48.6 Å². The fourth-order valence-electron chi connectivity index (χ4n) is 2.89. The Bertz CT molecular complexity index is 729. The number of rotatable bonds is 6. The van der Waals surface area contributed by atoms with Crippen LogP contribution in [0.4, 0.5) is 5.69 Å². The number of nitro groups is 1. The van der Waals surface area contributed by atoms with Crippen molar-refractivity contribution in [3.63, 3.8) is 0 Å². The van der Waals surface area contributed by atoms with Crippen LogP contribution in [0.25, 0.3) is 0 Å². The molecule has 1 aliphatic heterocycles. The lowest BCUT2D eigenvalue weighted by molar-refractivity contribution is -0.385. The summed E-state index contributed by atoms with van der Waals surface area (Å²) in [5.41, 5.74) is -0.0987. The maximum Gasteiger partial charge on any atom is 0.282 e. The summed E-state index contributed by atoms with van der Waals surface area (Å²) in [7, 11) is 0. The van der Waals surface area contributed by atoms with Crippen LogP contribution in [0, 0.1) is 10.1 Å². The number of nitro benzene ring substituents is 1. The smallest absolute Gasteiger partial charge is 0.282 e. The number of hydrogen-bond acceptors (Lipinski definition) is 6. The van der Waals surface area contributed by atoms with Gasteiger partial charge in [-0.25, -0.2) is 0 Å². The van der Waals surface area contributed by atoms with E-state index >= 15 is 0 Å². The van der Waals surface area contributed by atoms with Crippen molar-refractivity contribution in [2.45, 2.75) is 6.04 Å². The van der Waals surface area contributed by atoms with Gasteiger partial charge in [0.2, 0.25) is 0 Å². The quantitative estimate of drug-likeness (QED) is 0.631. The number of nitrogens with zero attached hydrogens (tertiary/aromatic N) is 2. The molecule has 0 aliphatic carbocycles. The number of morpholine rings is 1. The monoisotopic (exact) mass is 361 g/mol. The predicted molar refractivity (Wildman–Crippen MR) is 94.9 cm³/mol. The van der Waals surface area contributed by atoms with Crippen LogP contribution in [0.2, 0.25) is 0 Å². The van der Waals surface area contributed by atoms with Gasteiger partial charge in [0.05, 0.1) is 24.2 Å². The van der Waals surface area contributed by atoms with Crippen molar-refractivity contribution in [1.82, 2.24) is 10.2 Å². The first-order chi connectivity index (χ1) is 12.2. The van der Waals surface area contributed by atoms with Gasteiger partial charge in [-0.3, -0.25) is 19.8 Å². The molecular weight excluding hydrogens is 342 g/mol. The Balaban J connectivity index is 1.73. The zero-order valence-corrected chi connectivity index (χ0v) is 14.4. The topological polar surface area (TPSA) is 84.7 Å². The number of carbonyl (C=O) groups is 1. The Morgan fingerprint density at radius 2 is 2.04 bits per heavy atom. The SMILES string of the molecule is O=C(NC[C@@H](c1cccs1)N1CCOCC1)c1ccccc1[N+](=O)[O-]. The summed E-state index contributed by atoms with van der Waals surface area (Å²) in [6, 6.07) is 10.1. The highest BCUT2D eigenvalue weighted by Gasteiger charge is 2.25. The molecule has 1 aromatic heterocycles. The van der Waals surface area contributed by atoms with E-state index in [1.165, 1.54) is 12.1 Å². The van der Waals surface area contributed by atoms with E-state index in [4.69, 9.17) is 4.74 Å². The Kier molecular flexibility index (Phi) is 5.75. The van der Waals surface area contributed by atoms with Crippen LogP contribution in [0.1, 0.15) is 21.3 Å². The first kappa shape index (κ1) is 17.5. The molecule has 0 spiro atoms. The largest absolute Gasteiger partial charge is 0.379 e. The number of nitrogens with one attached hydrogen (secondary N) is 1. The zero-order chi connectivity index (χ0) is 17.6. The third-order valence-electron chi connectivity index (χ3n) is 4.16. The first-order valence-electron chi connectivity index (χ1n) is 8.03. The highest BCUT2D eigenvalue weighted by molar-refractivity contribution is 7.10. The molecule has 132 valence electrons. The molecule has 1 N–H and O–H groups in total. The summed E-state index contributed by atoms with van der Waals surface area (Å²) < 4.78 is 5.40. The van der Waals surface area contributed by atoms with Gasteiger partial charge in [0.25, 0.3) is 11.6 Å². The summed E-state index contributed by atoms with van der Waals surface area (Å²) in [6.07, 6.45) is 0. The maximum absolute atomic E-state index is 12.5. The molecule has 8 heteroatoms. The molecule has 2 heterocycles. The summed E-state index contributed by atoms with van der Waals surface area (Å²) in [4.78, 5) is 26.5. The lowest BCUT2D eigenvalue weighted by Gasteiger charge is -2.34. The van der Waals surface area contributed by atoms with Crippen molar-refractivity contribution in [2.75, 3.05) is 32.8 Å². The van der Waals surface area contributed by atoms with E-state index in [2.05, 4.69) is 10.2 Å². The minimum atomic E-state index is -0.534. The summed E-state index contributed by atoms with van der Waals surface area (Å²) in [5, 5.41) is 16.0.